The normalized spacial score (nSPS) is 17.1. The number of rotatable bonds is 4. The Morgan fingerprint density at radius 2 is 2.13 bits per heavy atom. The zero-order chi connectivity index (χ0) is 15.8. The lowest BCUT2D eigenvalue weighted by molar-refractivity contribution is -0.118. The van der Waals surface area contributed by atoms with E-state index in [0.29, 0.717) is 16.8 Å². The molecule has 1 heterocycles. The van der Waals surface area contributed by atoms with Gasteiger partial charge in [-0.25, -0.2) is 0 Å². The van der Waals surface area contributed by atoms with E-state index >= 15 is 0 Å². The number of benzene rings is 1. The number of nitrogens with zero attached hydrogens (tertiary/aromatic N) is 1. The predicted octanol–water partition coefficient (Wildman–Crippen LogP) is 4.14. The molecular weight excluding hydrogens is 328 g/mol. The predicted molar refractivity (Wildman–Crippen MR) is 95.3 cm³/mol. The Bertz CT molecular complexity index is 773. The first-order valence-electron chi connectivity index (χ1n) is 8.24. The molecule has 23 heavy (non-hydrogen) atoms. The highest BCUT2D eigenvalue weighted by Gasteiger charge is 2.24. The van der Waals surface area contributed by atoms with Crippen molar-refractivity contribution >= 4 is 40.2 Å². The van der Waals surface area contributed by atoms with Gasteiger partial charge in [0.15, 0.2) is 0 Å². The van der Waals surface area contributed by atoms with E-state index < -0.39 is 0 Å². The van der Waals surface area contributed by atoms with Crippen LogP contribution in [0.5, 0.6) is 0 Å². The minimum Gasteiger partial charge on any atom is -0.353 e. The molecule has 1 saturated carbocycles. The third kappa shape index (κ3) is 3.33. The number of halogens is 1. The number of pyridine rings is 1. The summed E-state index contributed by atoms with van der Waals surface area (Å²) in [5, 5.41) is 4.90. The first-order chi connectivity index (χ1) is 11.2. The van der Waals surface area contributed by atoms with E-state index in [2.05, 4.69) is 5.32 Å². The second-order valence-corrected chi connectivity index (χ2v) is 7.79. The van der Waals surface area contributed by atoms with E-state index in [1.165, 1.54) is 29.0 Å². The molecule has 120 valence electrons. The SMILES string of the molecule is O=C(CSc1c2c(nc3cc(Cl)ccc13)CCCC2)NC1CC1. The summed E-state index contributed by atoms with van der Waals surface area (Å²) in [6, 6.07) is 6.31. The van der Waals surface area contributed by atoms with Gasteiger partial charge in [0.25, 0.3) is 0 Å². The Morgan fingerprint density at radius 3 is 2.96 bits per heavy atom. The van der Waals surface area contributed by atoms with Crippen LogP contribution in [0.3, 0.4) is 0 Å². The summed E-state index contributed by atoms with van der Waals surface area (Å²) in [4.78, 5) is 18.1. The van der Waals surface area contributed by atoms with Crippen molar-refractivity contribution in [2.24, 2.45) is 0 Å². The summed E-state index contributed by atoms with van der Waals surface area (Å²) in [7, 11) is 0. The number of thioether (sulfide) groups is 1. The highest BCUT2D eigenvalue weighted by atomic mass is 35.5. The Balaban J connectivity index is 1.68. The molecule has 1 aromatic carbocycles. The fraction of sp³-hybridized carbons (Fsp3) is 0.444. The first kappa shape index (κ1) is 15.3. The van der Waals surface area contributed by atoms with Crippen LogP contribution in [0.25, 0.3) is 10.9 Å². The van der Waals surface area contributed by atoms with Crippen LogP contribution in [0.1, 0.15) is 36.9 Å². The molecule has 5 heteroatoms. The quantitative estimate of drug-likeness (QED) is 0.846. The molecule has 2 aliphatic carbocycles. The maximum Gasteiger partial charge on any atom is 0.230 e. The fourth-order valence-corrected chi connectivity index (χ4v) is 4.40. The van der Waals surface area contributed by atoms with Crippen molar-refractivity contribution in [3.63, 3.8) is 0 Å². The number of hydrogen-bond donors (Lipinski definition) is 1. The van der Waals surface area contributed by atoms with Gasteiger partial charge in [0.1, 0.15) is 0 Å². The van der Waals surface area contributed by atoms with Crippen molar-refractivity contribution < 1.29 is 4.79 Å². The monoisotopic (exact) mass is 346 g/mol. The Hall–Kier alpha value is -1.26. The molecule has 4 rings (SSSR count). The molecule has 3 nitrogen and oxygen atoms in total. The van der Waals surface area contributed by atoms with E-state index in [1.54, 1.807) is 11.8 Å². The van der Waals surface area contributed by atoms with E-state index in [9.17, 15) is 4.79 Å². The molecule has 0 bridgehead atoms. The molecule has 1 amide bonds. The van der Waals surface area contributed by atoms with Gasteiger partial charge >= 0.3 is 0 Å². The Morgan fingerprint density at radius 1 is 1.30 bits per heavy atom. The number of carbonyl (C=O) groups excluding carboxylic acids is 1. The summed E-state index contributed by atoms with van der Waals surface area (Å²) in [5.74, 6) is 0.617. The van der Waals surface area contributed by atoms with Crippen LogP contribution < -0.4 is 5.32 Å². The van der Waals surface area contributed by atoms with Crippen molar-refractivity contribution in [3.05, 3.63) is 34.5 Å². The zero-order valence-corrected chi connectivity index (χ0v) is 14.5. The molecule has 0 saturated heterocycles. The van der Waals surface area contributed by atoms with Crippen LogP contribution >= 0.6 is 23.4 Å². The van der Waals surface area contributed by atoms with Crippen molar-refractivity contribution in [1.29, 1.82) is 0 Å². The molecule has 2 aliphatic rings. The third-order valence-electron chi connectivity index (χ3n) is 4.46. The average Bonchev–Trinajstić information content (AvgIpc) is 3.35. The fourth-order valence-electron chi connectivity index (χ4n) is 3.15. The second kappa shape index (κ2) is 6.33. The first-order valence-corrected chi connectivity index (χ1v) is 9.60. The van der Waals surface area contributed by atoms with Crippen molar-refractivity contribution in [3.8, 4) is 0 Å². The van der Waals surface area contributed by atoms with Crippen LogP contribution in [0, 0.1) is 0 Å². The van der Waals surface area contributed by atoms with E-state index in [4.69, 9.17) is 16.6 Å². The Labute approximate surface area is 145 Å². The van der Waals surface area contributed by atoms with Gasteiger partial charge in [0.2, 0.25) is 5.91 Å². The van der Waals surface area contributed by atoms with E-state index in [1.807, 2.05) is 18.2 Å². The van der Waals surface area contributed by atoms with E-state index in [0.717, 1.165) is 36.6 Å². The second-order valence-electron chi connectivity index (χ2n) is 6.37. The molecule has 1 N–H and O–H groups in total. The smallest absolute Gasteiger partial charge is 0.230 e. The Kier molecular flexibility index (Phi) is 4.20. The maximum atomic E-state index is 12.1. The number of aromatic nitrogens is 1. The molecule has 1 fully saturated rings. The number of nitrogens with one attached hydrogen (secondary N) is 1. The lowest BCUT2D eigenvalue weighted by Gasteiger charge is -2.20. The van der Waals surface area contributed by atoms with Crippen LogP contribution in [0.4, 0.5) is 0 Å². The van der Waals surface area contributed by atoms with Crippen molar-refractivity contribution in [2.75, 3.05) is 5.75 Å². The minimum atomic E-state index is 0.140. The van der Waals surface area contributed by atoms with Crippen LogP contribution in [-0.4, -0.2) is 22.7 Å². The van der Waals surface area contributed by atoms with Gasteiger partial charge in [-0.2, -0.15) is 0 Å². The minimum absolute atomic E-state index is 0.140. The molecule has 0 radical (unpaired) electrons. The van der Waals surface area contributed by atoms with Gasteiger partial charge in [-0.3, -0.25) is 9.78 Å². The topological polar surface area (TPSA) is 42.0 Å². The molecule has 2 aromatic rings. The molecule has 0 aliphatic heterocycles. The number of carbonyl (C=O) groups is 1. The molecule has 0 unspecified atom stereocenters. The van der Waals surface area contributed by atoms with Gasteiger partial charge in [-0.05, 0) is 56.2 Å². The lowest BCUT2D eigenvalue weighted by atomic mass is 9.94. The summed E-state index contributed by atoms with van der Waals surface area (Å²) in [6.45, 7) is 0. The molecular formula is C18H19ClN2OS. The molecule has 0 spiro atoms. The highest BCUT2D eigenvalue weighted by Crippen LogP contribution is 2.36. The number of fused-ring (bicyclic) bond motifs is 2. The van der Waals surface area contributed by atoms with Crippen LogP contribution in [0.2, 0.25) is 5.02 Å². The lowest BCUT2D eigenvalue weighted by Crippen LogP contribution is -2.27. The maximum absolute atomic E-state index is 12.1. The van der Waals surface area contributed by atoms with Gasteiger partial charge in [0, 0.05) is 27.0 Å². The number of amides is 1. The summed E-state index contributed by atoms with van der Waals surface area (Å²) in [5.41, 5.74) is 3.48. The third-order valence-corrected chi connectivity index (χ3v) is 5.86. The van der Waals surface area contributed by atoms with Crippen molar-refractivity contribution in [1.82, 2.24) is 10.3 Å². The van der Waals surface area contributed by atoms with Crippen LogP contribution in [0.15, 0.2) is 23.1 Å². The summed E-state index contributed by atoms with van der Waals surface area (Å²) in [6.07, 6.45) is 6.74. The summed E-state index contributed by atoms with van der Waals surface area (Å²) >= 11 is 7.79. The number of aryl methyl sites for hydroxylation is 1. The van der Waals surface area contributed by atoms with E-state index in [-0.39, 0.29) is 5.91 Å². The number of hydrogen-bond acceptors (Lipinski definition) is 3. The molecule has 0 atom stereocenters. The molecule has 1 aromatic heterocycles. The van der Waals surface area contributed by atoms with Crippen LogP contribution in [-0.2, 0) is 17.6 Å². The largest absolute Gasteiger partial charge is 0.353 e. The average molecular weight is 347 g/mol. The van der Waals surface area contributed by atoms with Gasteiger partial charge < -0.3 is 5.32 Å². The highest BCUT2D eigenvalue weighted by molar-refractivity contribution is 8.00. The zero-order valence-electron chi connectivity index (χ0n) is 12.9. The van der Waals surface area contributed by atoms with Gasteiger partial charge in [0.05, 0.1) is 11.3 Å². The van der Waals surface area contributed by atoms with Gasteiger partial charge in [-0.1, -0.05) is 17.7 Å². The summed E-state index contributed by atoms with van der Waals surface area (Å²) < 4.78 is 0. The standard InChI is InChI=1S/C18H19ClN2OS/c19-11-5-8-14-16(9-11)21-15-4-2-1-3-13(15)18(14)23-10-17(22)20-12-6-7-12/h5,8-9,12H,1-4,6-7,10H2,(H,20,22). The van der Waals surface area contributed by atoms with Gasteiger partial charge in [-0.15, -0.1) is 11.8 Å². The van der Waals surface area contributed by atoms with Crippen molar-refractivity contribution in [2.45, 2.75) is 49.5 Å².